The third-order valence-corrected chi connectivity index (χ3v) is 3.33. The van der Waals surface area contributed by atoms with Gasteiger partial charge in [-0.15, -0.1) is 0 Å². The first-order valence-corrected chi connectivity index (χ1v) is 5.40. The van der Waals surface area contributed by atoms with Gasteiger partial charge in [0, 0.05) is 6.42 Å². The lowest BCUT2D eigenvalue weighted by atomic mass is 10.2. The monoisotopic (exact) mass is 325 g/mol. The summed E-state index contributed by atoms with van der Waals surface area (Å²) in [7, 11) is 1.30. The Balaban J connectivity index is 2.64. The normalized spacial score (nSPS) is 12.6. The SMILES string of the molecule is COC(=O)C(N)Cc1cc(Br)c(Br)o1. The molecule has 0 saturated heterocycles. The molecule has 0 bridgehead atoms. The number of carbonyl (C=O) groups is 1. The zero-order valence-electron chi connectivity index (χ0n) is 7.42. The minimum atomic E-state index is -0.690. The van der Waals surface area contributed by atoms with E-state index in [4.69, 9.17) is 10.2 Å². The number of halogens is 2. The minimum Gasteiger partial charge on any atom is -0.468 e. The van der Waals surface area contributed by atoms with E-state index in [0.717, 1.165) is 4.47 Å². The number of hydrogen-bond donors (Lipinski definition) is 1. The molecule has 2 N–H and O–H groups in total. The van der Waals surface area contributed by atoms with Gasteiger partial charge in [-0.25, -0.2) is 0 Å². The Morgan fingerprint density at radius 3 is 2.79 bits per heavy atom. The van der Waals surface area contributed by atoms with Crippen molar-refractivity contribution >= 4 is 37.8 Å². The number of carbonyl (C=O) groups excluding carboxylic acids is 1. The van der Waals surface area contributed by atoms with E-state index in [1.165, 1.54) is 7.11 Å². The van der Waals surface area contributed by atoms with Gasteiger partial charge in [-0.1, -0.05) is 0 Å². The second-order valence-electron chi connectivity index (χ2n) is 2.67. The van der Waals surface area contributed by atoms with Crippen LogP contribution in [0, 0.1) is 0 Å². The summed E-state index contributed by atoms with van der Waals surface area (Å²) in [6.07, 6.45) is 0.316. The molecule has 1 rings (SSSR count). The van der Waals surface area contributed by atoms with Crippen molar-refractivity contribution in [3.05, 3.63) is 21.0 Å². The Morgan fingerprint density at radius 1 is 1.71 bits per heavy atom. The number of methoxy groups -OCH3 is 1. The Labute approximate surface area is 98.0 Å². The van der Waals surface area contributed by atoms with E-state index in [2.05, 4.69) is 36.6 Å². The standard InChI is InChI=1S/C8H9Br2NO3/c1-13-8(12)6(11)3-4-2-5(9)7(10)14-4/h2,6H,3,11H2,1H3. The number of rotatable bonds is 3. The first kappa shape index (κ1) is 11.7. The van der Waals surface area contributed by atoms with E-state index in [0.29, 0.717) is 16.9 Å². The zero-order valence-corrected chi connectivity index (χ0v) is 10.6. The number of esters is 1. The average Bonchev–Trinajstić information content (AvgIpc) is 2.44. The third kappa shape index (κ3) is 2.83. The van der Waals surface area contributed by atoms with Gasteiger partial charge in [0.2, 0.25) is 0 Å². The van der Waals surface area contributed by atoms with Gasteiger partial charge in [0.1, 0.15) is 11.8 Å². The van der Waals surface area contributed by atoms with Crippen molar-refractivity contribution in [3.8, 4) is 0 Å². The molecule has 14 heavy (non-hydrogen) atoms. The molecular formula is C8H9Br2NO3. The molecule has 1 atom stereocenters. The van der Waals surface area contributed by atoms with Gasteiger partial charge in [-0.05, 0) is 37.9 Å². The smallest absolute Gasteiger partial charge is 0.323 e. The fourth-order valence-electron chi connectivity index (χ4n) is 0.943. The van der Waals surface area contributed by atoms with Crippen LogP contribution in [0.3, 0.4) is 0 Å². The Morgan fingerprint density at radius 2 is 2.36 bits per heavy atom. The van der Waals surface area contributed by atoms with Crippen molar-refractivity contribution in [2.45, 2.75) is 12.5 Å². The summed E-state index contributed by atoms with van der Waals surface area (Å²) in [5.74, 6) is 0.176. The number of ether oxygens (including phenoxy) is 1. The molecule has 1 unspecified atom stereocenters. The van der Waals surface area contributed by atoms with Crippen LogP contribution in [0.25, 0.3) is 0 Å². The second kappa shape index (κ2) is 4.95. The molecule has 1 heterocycles. The van der Waals surface area contributed by atoms with Crippen LogP contribution < -0.4 is 5.73 Å². The van der Waals surface area contributed by atoms with Crippen molar-refractivity contribution < 1.29 is 13.9 Å². The highest BCUT2D eigenvalue weighted by molar-refractivity contribution is 9.13. The topological polar surface area (TPSA) is 65.5 Å². The summed E-state index contributed by atoms with van der Waals surface area (Å²) < 4.78 is 11.1. The average molecular weight is 327 g/mol. The van der Waals surface area contributed by atoms with E-state index in [-0.39, 0.29) is 0 Å². The van der Waals surface area contributed by atoms with Gasteiger partial charge in [0.25, 0.3) is 0 Å². The molecule has 1 aromatic heterocycles. The maximum atomic E-state index is 11.0. The van der Waals surface area contributed by atoms with Gasteiger partial charge >= 0.3 is 5.97 Å². The van der Waals surface area contributed by atoms with E-state index in [1.807, 2.05) is 0 Å². The lowest BCUT2D eigenvalue weighted by molar-refractivity contribution is -0.142. The van der Waals surface area contributed by atoms with Crippen LogP contribution in [0.4, 0.5) is 0 Å². The van der Waals surface area contributed by atoms with Crippen molar-refractivity contribution in [1.82, 2.24) is 0 Å². The molecule has 1 aromatic rings. The van der Waals surface area contributed by atoms with Crippen LogP contribution in [0.5, 0.6) is 0 Å². The molecule has 0 aliphatic rings. The molecule has 0 aliphatic carbocycles. The van der Waals surface area contributed by atoms with E-state index < -0.39 is 12.0 Å². The predicted molar refractivity (Wildman–Crippen MR) is 57.8 cm³/mol. The molecule has 0 spiro atoms. The molecule has 78 valence electrons. The highest BCUT2D eigenvalue weighted by Crippen LogP contribution is 2.27. The molecule has 0 fully saturated rings. The molecule has 4 nitrogen and oxygen atoms in total. The van der Waals surface area contributed by atoms with Crippen LogP contribution in [-0.2, 0) is 16.0 Å². The summed E-state index contributed by atoms with van der Waals surface area (Å²) in [4.78, 5) is 11.0. The van der Waals surface area contributed by atoms with Gasteiger partial charge in [-0.2, -0.15) is 0 Å². The Hall–Kier alpha value is -0.330. The van der Waals surface area contributed by atoms with E-state index in [9.17, 15) is 4.79 Å². The van der Waals surface area contributed by atoms with Gasteiger partial charge in [-0.3, -0.25) is 4.79 Å². The van der Waals surface area contributed by atoms with Crippen molar-refractivity contribution in [2.24, 2.45) is 5.73 Å². The zero-order chi connectivity index (χ0) is 10.7. The van der Waals surface area contributed by atoms with E-state index in [1.54, 1.807) is 6.07 Å². The van der Waals surface area contributed by atoms with Crippen molar-refractivity contribution in [1.29, 1.82) is 0 Å². The lowest BCUT2D eigenvalue weighted by Crippen LogP contribution is -2.33. The minimum absolute atomic E-state index is 0.316. The first-order valence-electron chi connectivity index (χ1n) is 3.81. The number of nitrogens with two attached hydrogens (primary N) is 1. The maximum Gasteiger partial charge on any atom is 0.323 e. The molecule has 0 amide bonds. The summed E-state index contributed by atoms with van der Waals surface area (Å²) in [6, 6.07) is 1.07. The summed E-state index contributed by atoms with van der Waals surface area (Å²) >= 11 is 6.45. The fourth-order valence-corrected chi connectivity index (χ4v) is 1.60. The number of hydrogen-bond acceptors (Lipinski definition) is 4. The predicted octanol–water partition coefficient (Wildman–Crippen LogP) is 1.85. The third-order valence-electron chi connectivity index (χ3n) is 1.62. The van der Waals surface area contributed by atoms with Crippen LogP contribution in [0.2, 0.25) is 0 Å². The van der Waals surface area contributed by atoms with Crippen LogP contribution in [-0.4, -0.2) is 19.1 Å². The molecular weight excluding hydrogens is 318 g/mol. The lowest BCUT2D eigenvalue weighted by Gasteiger charge is -2.05. The Bertz CT molecular complexity index is 318. The van der Waals surface area contributed by atoms with Crippen LogP contribution in [0.15, 0.2) is 19.6 Å². The quantitative estimate of drug-likeness (QED) is 0.861. The van der Waals surface area contributed by atoms with Gasteiger partial charge < -0.3 is 14.9 Å². The molecule has 0 aliphatic heterocycles. The summed E-state index contributed by atoms with van der Waals surface area (Å²) in [5, 5.41) is 0. The molecule has 6 heteroatoms. The largest absolute Gasteiger partial charge is 0.468 e. The summed E-state index contributed by atoms with van der Waals surface area (Å²) in [6.45, 7) is 0. The Kier molecular flexibility index (Phi) is 4.15. The molecule has 0 aromatic carbocycles. The van der Waals surface area contributed by atoms with Crippen LogP contribution >= 0.6 is 31.9 Å². The van der Waals surface area contributed by atoms with E-state index >= 15 is 0 Å². The van der Waals surface area contributed by atoms with Crippen molar-refractivity contribution in [2.75, 3.05) is 7.11 Å². The second-order valence-corrected chi connectivity index (χ2v) is 4.24. The van der Waals surface area contributed by atoms with Gasteiger partial charge in [0.05, 0.1) is 11.6 Å². The highest BCUT2D eigenvalue weighted by atomic mass is 79.9. The van der Waals surface area contributed by atoms with Gasteiger partial charge in [0.15, 0.2) is 4.67 Å². The maximum absolute atomic E-state index is 11.0. The summed E-state index contributed by atoms with van der Waals surface area (Å²) in [5.41, 5.74) is 5.55. The number of furan rings is 1. The fraction of sp³-hybridized carbons (Fsp3) is 0.375. The van der Waals surface area contributed by atoms with Crippen LogP contribution in [0.1, 0.15) is 5.76 Å². The van der Waals surface area contributed by atoms with Crippen molar-refractivity contribution in [3.63, 3.8) is 0 Å². The first-order chi connectivity index (χ1) is 6.54. The molecule has 0 radical (unpaired) electrons. The highest BCUT2D eigenvalue weighted by Gasteiger charge is 2.17. The molecule has 0 saturated carbocycles.